The molecule has 2 rings (SSSR count). The Bertz CT molecular complexity index is 521. The molecule has 0 radical (unpaired) electrons. The van der Waals surface area contributed by atoms with Gasteiger partial charge in [0.15, 0.2) is 6.61 Å². The normalized spacial score (nSPS) is 21.6. The van der Waals surface area contributed by atoms with Crippen molar-refractivity contribution >= 4 is 23.5 Å². The van der Waals surface area contributed by atoms with Crippen molar-refractivity contribution < 1.29 is 14.3 Å². The fraction of sp³-hybridized carbons (Fsp3) is 0.533. The number of carbonyl (C=O) groups is 2. The van der Waals surface area contributed by atoms with Crippen LogP contribution in [0, 0.1) is 5.92 Å². The molecule has 0 aromatic carbocycles. The largest absolute Gasteiger partial charge is 0.452 e. The zero-order valence-electron chi connectivity index (χ0n) is 12.0. The Labute approximate surface area is 129 Å². The number of aromatic nitrogens is 1. The van der Waals surface area contributed by atoms with Crippen molar-refractivity contribution in [2.24, 2.45) is 5.92 Å². The van der Waals surface area contributed by atoms with E-state index in [2.05, 4.69) is 17.2 Å². The second-order valence-electron chi connectivity index (χ2n) is 5.35. The zero-order chi connectivity index (χ0) is 15.2. The fourth-order valence-corrected chi connectivity index (χ4v) is 2.72. The number of carbonyl (C=O) groups excluding carboxylic acids is 2. The molecule has 1 amide bonds. The number of nitrogens with zero attached hydrogens (tertiary/aromatic N) is 1. The third kappa shape index (κ3) is 4.43. The maximum atomic E-state index is 11.8. The summed E-state index contributed by atoms with van der Waals surface area (Å²) in [5.74, 6) is -0.451. The topological polar surface area (TPSA) is 68.3 Å². The van der Waals surface area contributed by atoms with Gasteiger partial charge in [-0.25, -0.2) is 9.78 Å². The SMILES string of the molecule is C[C@H]1CCCC[C@@H]1NC(=O)COC(=O)c1cccnc1Cl. The Hall–Kier alpha value is -1.62. The van der Waals surface area contributed by atoms with Gasteiger partial charge in [0.25, 0.3) is 5.91 Å². The van der Waals surface area contributed by atoms with Gasteiger partial charge in [-0.05, 0) is 30.9 Å². The zero-order valence-corrected chi connectivity index (χ0v) is 12.7. The molecule has 5 nitrogen and oxygen atoms in total. The minimum absolute atomic E-state index is 0.0730. The first-order valence-electron chi connectivity index (χ1n) is 7.15. The van der Waals surface area contributed by atoms with Crippen LogP contribution in [0.25, 0.3) is 0 Å². The van der Waals surface area contributed by atoms with Crippen LogP contribution in [-0.2, 0) is 9.53 Å². The van der Waals surface area contributed by atoms with Crippen LogP contribution in [0.1, 0.15) is 43.0 Å². The van der Waals surface area contributed by atoms with E-state index >= 15 is 0 Å². The van der Waals surface area contributed by atoms with Gasteiger partial charge >= 0.3 is 5.97 Å². The van der Waals surface area contributed by atoms with Gasteiger partial charge in [0.1, 0.15) is 5.15 Å². The summed E-state index contributed by atoms with van der Waals surface area (Å²) in [6.07, 6.45) is 5.92. The minimum Gasteiger partial charge on any atom is -0.452 e. The van der Waals surface area contributed by atoms with Gasteiger partial charge in [0.2, 0.25) is 0 Å². The van der Waals surface area contributed by atoms with E-state index in [1.807, 2.05) is 0 Å². The number of hydrogen-bond donors (Lipinski definition) is 1. The summed E-state index contributed by atoms with van der Waals surface area (Å²) >= 11 is 5.80. The van der Waals surface area contributed by atoms with E-state index in [4.69, 9.17) is 16.3 Å². The van der Waals surface area contributed by atoms with Crippen LogP contribution >= 0.6 is 11.6 Å². The number of halogens is 1. The number of rotatable bonds is 4. The number of hydrogen-bond acceptors (Lipinski definition) is 4. The lowest BCUT2D eigenvalue weighted by Crippen LogP contribution is -2.42. The van der Waals surface area contributed by atoms with E-state index < -0.39 is 5.97 Å². The van der Waals surface area contributed by atoms with Gasteiger partial charge in [0.05, 0.1) is 5.56 Å². The van der Waals surface area contributed by atoms with Gasteiger partial charge in [-0.1, -0.05) is 31.4 Å². The van der Waals surface area contributed by atoms with E-state index in [-0.39, 0.29) is 29.3 Å². The van der Waals surface area contributed by atoms with Gasteiger partial charge in [0, 0.05) is 12.2 Å². The number of esters is 1. The van der Waals surface area contributed by atoms with Crippen LogP contribution in [0.3, 0.4) is 0 Å². The summed E-state index contributed by atoms with van der Waals surface area (Å²) in [6.45, 7) is 1.83. The molecular formula is C15H19ClN2O3. The highest BCUT2D eigenvalue weighted by Crippen LogP contribution is 2.23. The molecule has 21 heavy (non-hydrogen) atoms. The molecule has 1 fully saturated rings. The van der Waals surface area contributed by atoms with Crippen molar-refractivity contribution in [3.63, 3.8) is 0 Å². The first-order chi connectivity index (χ1) is 10.1. The highest BCUT2D eigenvalue weighted by atomic mass is 35.5. The number of amides is 1. The molecule has 0 unspecified atom stereocenters. The summed E-state index contributed by atoms with van der Waals surface area (Å²) in [4.78, 5) is 27.4. The van der Waals surface area contributed by atoms with E-state index in [9.17, 15) is 9.59 Å². The Balaban J connectivity index is 1.81. The van der Waals surface area contributed by atoms with Gasteiger partial charge in [-0.3, -0.25) is 4.79 Å². The van der Waals surface area contributed by atoms with Gasteiger partial charge in [-0.2, -0.15) is 0 Å². The molecule has 1 aromatic heterocycles. The highest BCUT2D eigenvalue weighted by molar-refractivity contribution is 6.32. The molecule has 1 aliphatic rings. The molecule has 0 saturated heterocycles. The average Bonchev–Trinajstić information content (AvgIpc) is 2.48. The highest BCUT2D eigenvalue weighted by Gasteiger charge is 2.23. The first-order valence-corrected chi connectivity index (χ1v) is 7.52. The van der Waals surface area contributed by atoms with Crippen molar-refractivity contribution in [3.8, 4) is 0 Å². The van der Waals surface area contributed by atoms with Crippen LogP contribution in [0.5, 0.6) is 0 Å². The maximum Gasteiger partial charge on any atom is 0.341 e. The summed E-state index contributed by atoms with van der Waals surface area (Å²) in [7, 11) is 0. The second-order valence-corrected chi connectivity index (χ2v) is 5.71. The monoisotopic (exact) mass is 310 g/mol. The van der Waals surface area contributed by atoms with E-state index in [1.165, 1.54) is 18.7 Å². The Morgan fingerprint density at radius 2 is 2.19 bits per heavy atom. The molecule has 6 heteroatoms. The van der Waals surface area contributed by atoms with Gasteiger partial charge in [-0.15, -0.1) is 0 Å². The molecule has 1 aromatic rings. The van der Waals surface area contributed by atoms with Crippen LogP contribution < -0.4 is 5.32 Å². The number of nitrogens with one attached hydrogen (secondary N) is 1. The fourth-order valence-electron chi connectivity index (χ4n) is 2.53. The number of ether oxygens (including phenoxy) is 1. The van der Waals surface area contributed by atoms with Crippen LogP contribution in [-0.4, -0.2) is 29.5 Å². The lowest BCUT2D eigenvalue weighted by molar-refractivity contribution is -0.125. The van der Waals surface area contributed by atoms with E-state index in [1.54, 1.807) is 6.07 Å². The predicted octanol–water partition coefficient (Wildman–Crippen LogP) is 2.59. The molecule has 1 heterocycles. The first kappa shape index (κ1) is 15.8. The lowest BCUT2D eigenvalue weighted by Gasteiger charge is -2.29. The molecule has 114 valence electrons. The Morgan fingerprint density at radius 1 is 1.43 bits per heavy atom. The maximum absolute atomic E-state index is 11.8. The minimum atomic E-state index is -0.639. The molecule has 1 saturated carbocycles. The van der Waals surface area contributed by atoms with Crippen molar-refractivity contribution in [1.29, 1.82) is 0 Å². The van der Waals surface area contributed by atoms with E-state index in [0.717, 1.165) is 19.3 Å². The van der Waals surface area contributed by atoms with Gasteiger partial charge < -0.3 is 10.1 Å². The molecule has 2 atom stereocenters. The third-order valence-corrected chi connectivity index (χ3v) is 4.07. The van der Waals surface area contributed by atoms with Crippen LogP contribution in [0.2, 0.25) is 5.15 Å². The molecule has 0 bridgehead atoms. The van der Waals surface area contributed by atoms with Crippen LogP contribution in [0.4, 0.5) is 0 Å². The Kier molecular flexibility index (Phi) is 5.56. The van der Waals surface area contributed by atoms with E-state index in [0.29, 0.717) is 5.92 Å². The summed E-state index contributed by atoms with van der Waals surface area (Å²) < 4.78 is 4.97. The van der Waals surface area contributed by atoms with Crippen molar-refractivity contribution in [3.05, 3.63) is 29.0 Å². The molecule has 1 aliphatic carbocycles. The van der Waals surface area contributed by atoms with Crippen LogP contribution in [0.15, 0.2) is 18.3 Å². The summed E-state index contributed by atoms with van der Waals surface area (Å²) in [5, 5.41) is 3.00. The standard InChI is InChI=1S/C15H19ClN2O3/c1-10-5-2-3-7-12(10)18-13(19)9-21-15(20)11-6-4-8-17-14(11)16/h4,6,8,10,12H,2-3,5,7,9H2,1H3,(H,18,19)/t10-,12-/m0/s1. The summed E-state index contributed by atoms with van der Waals surface area (Å²) in [6, 6.07) is 3.28. The van der Waals surface area contributed by atoms with Crippen molar-refractivity contribution in [2.45, 2.75) is 38.6 Å². The lowest BCUT2D eigenvalue weighted by atomic mass is 9.86. The number of pyridine rings is 1. The molecule has 1 N–H and O–H groups in total. The predicted molar refractivity (Wildman–Crippen MR) is 79.1 cm³/mol. The quantitative estimate of drug-likeness (QED) is 0.685. The third-order valence-electron chi connectivity index (χ3n) is 3.77. The summed E-state index contributed by atoms with van der Waals surface area (Å²) in [5.41, 5.74) is 0.165. The smallest absolute Gasteiger partial charge is 0.341 e. The average molecular weight is 311 g/mol. The molecular weight excluding hydrogens is 292 g/mol. The van der Waals surface area contributed by atoms with Crippen molar-refractivity contribution in [2.75, 3.05) is 6.61 Å². The van der Waals surface area contributed by atoms with Crippen molar-refractivity contribution in [1.82, 2.24) is 10.3 Å². The Morgan fingerprint density at radius 3 is 2.90 bits per heavy atom. The second kappa shape index (κ2) is 7.41. The molecule has 0 spiro atoms. The molecule has 0 aliphatic heterocycles.